The van der Waals surface area contributed by atoms with Gasteiger partial charge in [-0.2, -0.15) is 0 Å². The summed E-state index contributed by atoms with van der Waals surface area (Å²) in [5, 5.41) is 0. The Bertz CT molecular complexity index is 1260. The third-order valence-corrected chi connectivity index (χ3v) is 7.11. The molecule has 4 rings (SSSR count). The van der Waals surface area contributed by atoms with Gasteiger partial charge in [0.15, 0.2) is 6.61 Å². The highest BCUT2D eigenvalue weighted by atomic mass is 79.9. The molecule has 0 unspecified atom stereocenters. The van der Waals surface area contributed by atoms with Gasteiger partial charge in [0.1, 0.15) is 11.9 Å². The van der Waals surface area contributed by atoms with Crippen LogP contribution in [0, 0.1) is 6.92 Å². The van der Waals surface area contributed by atoms with Crippen LogP contribution in [-0.4, -0.2) is 45.4 Å². The molecule has 0 N–H and O–H groups in total. The van der Waals surface area contributed by atoms with Gasteiger partial charge < -0.3 is 9.47 Å². The first-order chi connectivity index (χ1) is 16.4. The maximum atomic E-state index is 12.3. The van der Waals surface area contributed by atoms with Gasteiger partial charge in [-0.15, -0.1) is 0 Å². The molecule has 176 valence electrons. The molecule has 0 amide bonds. The second-order valence-electron chi connectivity index (χ2n) is 7.59. The SMILES string of the molecule is CCOC(=O)COC(=O)CC[C@@H]1N=C(c2ccccn2)c2cc(Br)c(Br)cc2-n2c(C)cnc21. The Labute approximate surface area is 213 Å². The van der Waals surface area contributed by atoms with Crippen LogP contribution >= 0.6 is 31.9 Å². The van der Waals surface area contributed by atoms with Gasteiger partial charge >= 0.3 is 11.9 Å². The van der Waals surface area contributed by atoms with Crippen LogP contribution in [-0.2, 0) is 19.1 Å². The second-order valence-corrected chi connectivity index (χ2v) is 9.30. The lowest BCUT2D eigenvalue weighted by Gasteiger charge is -2.15. The molecule has 0 bridgehead atoms. The standard InChI is InChI=1S/C24H22Br2N4O4/c1-3-33-22(32)13-34-21(31)8-7-19-24-28-12-14(2)30(24)20-11-17(26)16(25)10-15(20)23(29-19)18-6-4-5-9-27-18/h4-6,9-12,19H,3,7-8,13H2,1-2H3/t19-/m0/s1. The van der Waals surface area contributed by atoms with E-state index in [1.807, 2.05) is 37.3 Å². The lowest BCUT2D eigenvalue weighted by atomic mass is 10.0. The van der Waals surface area contributed by atoms with E-state index in [1.54, 1.807) is 19.3 Å². The summed E-state index contributed by atoms with van der Waals surface area (Å²) < 4.78 is 13.7. The van der Waals surface area contributed by atoms with Crippen molar-refractivity contribution in [3.63, 3.8) is 0 Å². The zero-order valence-corrected chi connectivity index (χ0v) is 21.8. The maximum Gasteiger partial charge on any atom is 0.344 e. The fourth-order valence-electron chi connectivity index (χ4n) is 3.77. The Morgan fingerprint density at radius 3 is 2.62 bits per heavy atom. The number of carbonyl (C=O) groups excluding carboxylic acids is 2. The molecule has 8 nitrogen and oxygen atoms in total. The topological polar surface area (TPSA) is 95.7 Å². The van der Waals surface area contributed by atoms with Crippen LogP contribution in [0.1, 0.15) is 48.6 Å². The average molecular weight is 590 g/mol. The quantitative estimate of drug-likeness (QED) is 0.365. The zero-order valence-electron chi connectivity index (χ0n) is 18.6. The summed E-state index contributed by atoms with van der Waals surface area (Å²) in [6.45, 7) is 3.51. The molecule has 3 aromatic rings. The zero-order chi connectivity index (χ0) is 24.2. The summed E-state index contributed by atoms with van der Waals surface area (Å²) >= 11 is 7.22. The number of aromatic nitrogens is 3. The summed E-state index contributed by atoms with van der Waals surface area (Å²) in [6, 6.07) is 9.27. The predicted molar refractivity (Wildman–Crippen MR) is 133 cm³/mol. The Morgan fingerprint density at radius 2 is 1.88 bits per heavy atom. The molecule has 0 spiro atoms. The minimum Gasteiger partial charge on any atom is -0.463 e. The van der Waals surface area contributed by atoms with E-state index in [9.17, 15) is 9.59 Å². The lowest BCUT2D eigenvalue weighted by Crippen LogP contribution is -2.17. The van der Waals surface area contributed by atoms with E-state index in [0.717, 1.165) is 37.4 Å². The Balaban J connectivity index is 1.72. The summed E-state index contributed by atoms with van der Waals surface area (Å²) in [7, 11) is 0. The number of hydrogen-bond donors (Lipinski definition) is 0. The summed E-state index contributed by atoms with van der Waals surface area (Å²) in [4.78, 5) is 38.0. The number of nitrogens with zero attached hydrogens (tertiary/aromatic N) is 4. The number of hydrogen-bond acceptors (Lipinski definition) is 7. The van der Waals surface area contributed by atoms with Crippen LogP contribution in [0.15, 0.2) is 56.7 Å². The largest absolute Gasteiger partial charge is 0.463 e. The number of esters is 2. The minimum absolute atomic E-state index is 0.0682. The molecule has 2 aromatic heterocycles. The van der Waals surface area contributed by atoms with E-state index in [4.69, 9.17) is 14.5 Å². The molecule has 0 saturated heterocycles. The molecule has 1 aliphatic rings. The number of halogens is 2. The van der Waals surface area contributed by atoms with Crippen LogP contribution in [0.3, 0.4) is 0 Å². The van der Waals surface area contributed by atoms with Crippen LogP contribution in [0.5, 0.6) is 0 Å². The normalized spacial score (nSPS) is 14.5. The highest BCUT2D eigenvalue weighted by Crippen LogP contribution is 2.37. The van der Waals surface area contributed by atoms with Crippen LogP contribution in [0.4, 0.5) is 0 Å². The van der Waals surface area contributed by atoms with E-state index < -0.39 is 24.6 Å². The van der Waals surface area contributed by atoms with Crippen molar-refractivity contribution in [3.8, 4) is 5.69 Å². The number of carbonyl (C=O) groups is 2. The monoisotopic (exact) mass is 588 g/mol. The van der Waals surface area contributed by atoms with Crippen molar-refractivity contribution < 1.29 is 19.1 Å². The van der Waals surface area contributed by atoms with Gasteiger partial charge in [-0.25, -0.2) is 9.78 Å². The van der Waals surface area contributed by atoms with Crippen molar-refractivity contribution in [2.24, 2.45) is 4.99 Å². The number of benzene rings is 1. The van der Waals surface area contributed by atoms with Crippen molar-refractivity contribution in [1.82, 2.24) is 14.5 Å². The van der Waals surface area contributed by atoms with Gasteiger partial charge in [0.05, 0.1) is 23.7 Å². The highest BCUT2D eigenvalue weighted by molar-refractivity contribution is 9.13. The summed E-state index contributed by atoms with van der Waals surface area (Å²) in [5.41, 5.74) is 4.17. The highest BCUT2D eigenvalue weighted by Gasteiger charge is 2.29. The first kappa shape index (κ1) is 24.3. The van der Waals surface area contributed by atoms with E-state index in [2.05, 4.69) is 46.4 Å². The van der Waals surface area contributed by atoms with Crippen LogP contribution < -0.4 is 0 Å². The van der Waals surface area contributed by atoms with Gasteiger partial charge in [-0.1, -0.05) is 6.07 Å². The van der Waals surface area contributed by atoms with Crippen molar-refractivity contribution >= 4 is 49.5 Å². The number of pyridine rings is 1. The molecule has 0 radical (unpaired) electrons. The molecule has 34 heavy (non-hydrogen) atoms. The van der Waals surface area contributed by atoms with Gasteiger partial charge in [-0.05, 0) is 76.4 Å². The number of imidazole rings is 1. The van der Waals surface area contributed by atoms with E-state index >= 15 is 0 Å². The third-order valence-electron chi connectivity index (χ3n) is 5.27. The van der Waals surface area contributed by atoms with Gasteiger partial charge in [-0.3, -0.25) is 19.3 Å². The smallest absolute Gasteiger partial charge is 0.344 e. The fourth-order valence-corrected chi connectivity index (χ4v) is 4.44. The van der Waals surface area contributed by atoms with E-state index in [-0.39, 0.29) is 13.0 Å². The first-order valence-corrected chi connectivity index (χ1v) is 12.3. The third kappa shape index (κ3) is 5.12. The molecule has 0 aliphatic carbocycles. The summed E-state index contributed by atoms with van der Waals surface area (Å²) in [6.07, 6.45) is 3.94. The number of rotatable bonds is 7. The first-order valence-electron chi connectivity index (χ1n) is 10.7. The maximum absolute atomic E-state index is 12.3. The molecule has 1 atom stereocenters. The molecule has 3 heterocycles. The molecular weight excluding hydrogens is 568 g/mol. The Kier molecular flexibility index (Phi) is 7.57. The number of ether oxygens (including phenoxy) is 2. The van der Waals surface area contributed by atoms with Gasteiger partial charge in [0, 0.05) is 39.0 Å². The van der Waals surface area contributed by atoms with Crippen molar-refractivity contribution in [1.29, 1.82) is 0 Å². The van der Waals surface area contributed by atoms with Crippen molar-refractivity contribution in [3.05, 3.63) is 74.4 Å². The Hall–Kier alpha value is -2.85. The van der Waals surface area contributed by atoms with Crippen LogP contribution in [0.2, 0.25) is 0 Å². The molecule has 0 saturated carbocycles. The average Bonchev–Trinajstić information content (AvgIpc) is 3.15. The van der Waals surface area contributed by atoms with Gasteiger partial charge in [0.2, 0.25) is 0 Å². The number of aliphatic imine (C=N–C) groups is 1. The Morgan fingerprint density at radius 1 is 1.09 bits per heavy atom. The van der Waals surface area contributed by atoms with Gasteiger partial charge in [0.25, 0.3) is 0 Å². The van der Waals surface area contributed by atoms with E-state index in [0.29, 0.717) is 12.1 Å². The summed E-state index contributed by atoms with van der Waals surface area (Å²) in [5.74, 6) is -0.347. The molecule has 1 aliphatic heterocycles. The molecule has 10 heteroatoms. The van der Waals surface area contributed by atoms with Crippen molar-refractivity contribution in [2.45, 2.75) is 32.7 Å². The molecular formula is C24H22Br2N4O4. The van der Waals surface area contributed by atoms with E-state index in [1.165, 1.54) is 0 Å². The number of aryl methyl sites for hydroxylation is 1. The predicted octanol–water partition coefficient (Wildman–Crippen LogP) is 4.88. The lowest BCUT2D eigenvalue weighted by molar-refractivity contribution is -0.158. The van der Waals surface area contributed by atoms with Crippen LogP contribution in [0.25, 0.3) is 5.69 Å². The van der Waals surface area contributed by atoms with Crippen molar-refractivity contribution in [2.75, 3.05) is 13.2 Å². The fraction of sp³-hybridized carbons (Fsp3) is 0.292. The number of fused-ring (bicyclic) bond motifs is 3. The molecule has 0 fully saturated rings. The second kappa shape index (κ2) is 10.6. The minimum atomic E-state index is -0.571. The molecule has 1 aromatic carbocycles.